The van der Waals surface area contributed by atoms with Crippen molar-refractivity contribution in [3.8, 4) is 5.75 Å². The average Bonchev–Trinajstić information content (AvgIpc) is 3.27. The number of nitrogens with zero attached hydrogens (tertiary/aromatic N) is 1. The fourth-order valence-corrected chi connectivity index (χ4v) is 6.30. The largest absolute Gasteiger partial charge is 0.496 e. The van der Waals surface area contributed by atoms with Gasteiger partial charge in [0.05, 0.1) is 12.0 Å². The number of sulfonamides is 1. The van der Waals surface area contributed by atoms with Crippen LogP contribution in [0.4, 0.5) is 0 Å². The summed E-state index contributed by atoms with van der Waals surface area (Å²) in [5.41, 5.74) is 4.65. The molecule has 0 radical (unpaired) electrons. The first-order valence-electron chi connectivity index (χ1n) is 11.4. The number of carbonyl (C=O) groups is 1. The van der Waals surface area contributed by atoms with Crippen molar-refractivity contribution in [2.45, 2.75) is 50.3 Å². The summed E-state index contributed by atoms with van der Waals surface area (Å²) in [6.45, 7) is 3.32. The Hall–Kier alpha value is -2.38. The molecule has 1 N–H and O–H groups in total. The lowest BCUT2D eigenvalue weighted by molar-refractivity contribution is -0.126. The number of nitrogens with one attached hydrogen (secondary N) is 1. The highest BCUT2D eigenvalue weighted by Crippen LogP contribution is 2.28. The van der Waals surface area contributed by atoms with Gasteiger partial charge in [-0.3, -0.25) is 4.79 Å². The third-order valence-corrected chi connectivity index (χ3v) is 8.56. The number of amides is 1. The number of aryl methyl sites for hydroxylation is 3. The predicted octanol–water partition coefficient (Wildman–Crippen LogP) is 3.25. The lowest BCUT2D eigenvalue weighted by atomic mass is 9.97. The number of ether oxygens (including phenoxy) is 1. The highest BCUT2D eigenvalue weighted by atomic mass is 32.2. The molecule has 6 nitrogen and oxygen atoms in total. The van der Waals surface area contributed by atoms with E-state index in [0.717, 1.165) is 41.7 Å². The Labute approximate surface area is 191 Å². The van der Waals surface area contributed by atoms with E-state index in [0.29, 0.717) is 43.8 Å². The van der Waals surface area contributed by atoms with Crippen molar-refractivity contribution < 1.29 is 17.9 Å². The van der Waals surface area contributed by atoms with Crippen LogP contribution in [0.15, 0.2) is 41.3 Å². The normalized spacial score (nSPS) is 17.2. The molecule has 0 bridgehead atoms. The van der Waals surface area contributed by atoms with Gasteiger partial charge in [0, 0.05) is 25.6 Å². The Kier molecular flexibility index (Phi) is 6.86. The molecule has 1 heterocycles. The molecular formula is C25H32N2O4S. The molecule has 0 atom stereocenters. The second-order valence-electron chi connectivity index (χ2n) is 8.82. The Bertz CT molecular complexity index is 1090. The number of benzene rings is 2. The Morgan fingerprint density at radius 1 is 1.09 bits per heavy atom. The monoisotopic (exact) mass is 456 g/mol. The molecule has 1 amide bonds. The minimum atomic E-state index is -3.51. The van der Waals surface area contributed by atoms with Gasteiger partial charge in [0.25, 0.3) is 0 Å². The summed E-state index contributed by atoms with van der Waals surface area (Å²) in [6, 6.07) is 11.6. The van der Waals surface area contributed by atoms with E-state index in [1.54, 1.807) is 13.2 Å². The van der Waals surface area contributed by atoms with Crippen molar-refractivity contribution in [3.63, 3.8) is 0 Å². The molecule has 0 spiro atoms. The van der Waals surface area contributed by atoms with E-state index in [1.807, 2.05) is 31.2 Å². The molecular weight excluding hydrogens is 424 g/mol. The zero-order valence-corrected chi connectivity index (χ0v) is 19.7. The molecule has 1 aliphatic heterocycles. The molecule has 2 aliphatic rings. The van der Waals surface area contributed by atoms with Gasteiger partial charge in [0.2, 0.25) is 15.9 Å². The van der Waals surface area contributed by atoms with E-state index in [2.05, 4.69) is 11.4 Å². The van der Waals surface area contributed by atoms with Crippen molar-refractivity contribution in [2.75, 3.05) is 26.7 Å². The summed E-state index contributed by atoms with van der Waals surface area (Å²) < 4.78 is 33.1. The first-order chi connectivity index (χ1) is 15.4. The zero-order valence-electron chi connectivity index (χ0n) is 18.9. The molecule has 2 aromatic carbocycles. The molecule has 7 heteroatoms. The Morgan fingerprint density at radius 2 is 1.84 bits per heavy atom. The minimum absolute atomic E-state index is 0.00574. The topological polar surface area (TPSA) is 75.7 Å². The summed E-state index contributed by atoms with van der Waals surface area (Å²) >= 11 is 0. The third kappa shape index (κ3) is 4.84. The molecule has 1 aliphatic carbocycles. The van der Waals surface area contributed by atoms with E-state index >= 15 is 0 Å². The van der Waals surface area contributed by atoms with Gasteiger partial charge in [-0.1, -0.05) is 23.8 Å². The van der Waals surface area contributed by atoms with E-state index in [9.17, 15) is 13.2 Å². The van der Waals surface area contributed by atoms with Gasteiger partial charge in [-0.05, 0) is 80.3 Å². The fourth-order valence-electron chi connectivity index (χ4n) is 4.78. The van der Waals surface area contributed by atoms with Crippen LogP contribution >= 0.6 is 0 Å². The number of hydrogen-bond acceptors (Lipinski definition) is 4. The Morgan fingerprint density at radius 3 is 2.59 bits per heavy atom. The number of hydrogen-bond donors (Lipinski definition) is 1. The van der Waals surface area contributed by atoms with Crippen LogP contribution in [0, 0.1) is 12.8 Å². The predicted molar refractivity (Wildman–Crippen MR) is 124 cm³/mol. The van der Waals surface area contributed by atoms with Crippen LogP contribution in [0.1, 0.15) is 41.5 Å². The van der Waals surface area contributed by atoms with Crippen molar-refractivity contribution in [3.05, 3.63) is 58.7 Å². The van der Waals surface area contributed by atoms with E-state index < -0.39 is 10.0 Å². The Balaban J connectivity index is 1.29. The van der Waals surface area contributed by atoms with Crippen molar-refractivity contribution in [1.29, 1.82) is 0 Å². The van der Waals surface area contributed by atoms with Crippen LogP contribution in [0.25, 0.3) is 0 Å². The molecule has 1 fully saturated rings. The molecule has 0 unspecified atom stereocenters. The SMILES string of the molecule is COc1ccc(C)cc1CCNC(=O)C1CCN(S(=O)(=O)c2ccc3c(c2)CCC3)CC1. The highest BCUT2D eigenvalue weighted by Gasteiger charge is 2.32. The van der Waals surface area contributed by atoms with Crippen molar-refractivity contribution >= 4 is 15.9 Å². The summed E-state index contributed by atoms with van der Waals surface area (Å²) in [5, 5.41) is 3.02. The summed E-state index contributed by atoms with van der Waals surface area (Å²) in [6.07, 6.45) is 4.87. The van der Waals surface area contributed by atoms with Crippen LogP contribution < -0.4 is 10.1 Å². The first kappa shape index (κ1) is 22.8. The molecule has 32 heavy (non-hydrogen) atoms. The summed E-state index contributed by atoms with van der Waals surface area (Å²) in [4.78, 5) is 13.0. The minimum Gasteiger partial charge on any atom is -0.496 e. The maximum absolute atomic E-state index is 13.1. The molecule has 1 saturated heterocycles. The van der Waals surface area contributed by atoms with Gasteiger partial charge in [-0.25, -0.2) is 8.42 Å². The van der Waals surface area contributed by atoms with Crippen molar-refractivity contribution in [2.24, 2.45) is 5.92 Å². The number of rotatable bonds is 7. The van der Waals surface area contributed by atoms with E-state index in [-0.39, 0.29) is 11.8 Å². The highest BCUT2D eigenvalue weighted by molar-refractivity contribution is 7.89. The lowest BCUT2D eigenvalue weighted by Gasteiger charge is -2.30. The smallest absolute Gasteiger partial charge is 0.243 e. The maximum Gasteiger partial charge on any atom is 0.243 e. The van der Waals surface area contributed by atoms with E-state index in [1.165, 1.54) is 9.87 Å². The number of piperidine rings is 1. The maximum atomic E-state index is 13.1. The molecule has 2 aromatic rings. The van der Waals surface area contributed by atoms with Gasteiger partial charge in [0.1, 0.15) is 5.75 Å². The van der Waals surface area contributed by atoms with Gasteiger partial charge >= 0.3 is 0 Å². The summed E-state index contributed by atoms with van der Waals surface area (Å²) in [7, 11) is -1.86. The standard InChI is InChI=1S/C25H32N2O4S/c1-18-6-9-24(31-2)22(16-18)10-13-26-25(28)20-11-14-27(15-12-20)32(29,30)23-8-7-19-4-3-5-21(19)17-23/h6-9,16-17,20H,3-5,10-15H2,1-2H3,(H,26,28). The second kappa shape index (κ2) is 9.63. The molecule has 0 saturated carbocycles. The van der Waals surface area contributed by atoms with Gasteiger partial charge in [-0.2, -0.15) is 4.31 Å². The fraction of sp³-hybridized carbons (Fsp3) is 0.480. The van der Waals surface area contributed by atoms with Crippen molar-refractivity contribution in [1.82, 2.24) is 9.62 Å². The van der Waals surface area contributed by atoms with Crippen LogP contribution in [0.2, 0.25) is 0 Å². The van der Waals surface area contributed by atoms with Crippen LogP contribution in [0.5, 0.6) is 5.75 Å². The molecule has 172 valence electrons. The van der Waals surface area contributed by atoms with E-state index in [4.69, 9.17) is 4.74 Å². The number of methoxy groups -OCH3 is 1. The summed E-state index contributed by atoms with van der Waals surface area (Å²) in [5.74, 6) is 0.682. The first-order valence-corrected chi connectivity index (χ1v) is 12.9. The molecule has 0 aromatic heterocycles. The van der Waals surface area contributed by atoms with Gasteiger partial charge in [-0.15, -0.1) is 0 Å². The third-order valence-electron chi connectivity index (χ3n) is 6.66. The number of fused-ring (bicyclic) bond motifs is 1. The zero-order chi connectivity index (χ0) is 22.7. The second-order valence-corrected chi connectivity index (χ2v) is 10.8. The van der Waals surface area contributed by atoms with Crippen LogP contribution in [0.3, 0.4) is 0 Å². The average molecular weight is 457 g/mol. The van der Waals surface area contributed by atoms with Crippen LogP contribution in [-0.2, 0) is 34.1 Å². The van der Waals surface area contributed by atoms with Gasteiger partial charge < -0.3 is 10.1 Å². The lowest BCUT2D eigenvalue weighted by Crippen LogP contribution is -2.43. The molecule has 4 rings (SSSR count). The van der Waals surface area contributed by atoms with Crippen LogP contribution in [-0.4, -0.2) is 45.4 Å². The number of carbonyl (C=O) groups excluding carboxylic acids is 1. The quantitative estimate of drug-likeness (QED) is 0.694. The van der Waals surface area contributed by atoms with Gasteiger partial charge in [0.15, 0.2) is 0 Å².